The van der Waals surface area contributed by atoms with Crippen molar-refractivity contribution in [1.29, 1.82) is 0 Å². The van der Waals surface area contributed by atoms with Crippen LogP contribution < -0.4 is 10.1 Å². The molecule has 2 amide bonds. The molecule has 0 bridgehead atoms. The molecule has 22 heavy (non-hydrogen) atoms. The summed E-state index contributed by atoms with van der Waals surface area (Å²) in [5.41, 5.74) is 2.19. The van der Waals surface area contributed by atoms with Gasteiger partial charge in [0.05, 0.1) is 13.0 Å². The minimum absolute atomic E-state index is 0.199. The van der Waals surface area contributed by atoms with E-state index in [1.54, 1.807) is 12.0 Å². The number of carbonyl (C=O) groups is 2. The lowest BCUT2D eigenvalue weighted by Crippen LogP contribution is -2.39. The van der Waals surface area contributed by atoms with Crippen molar-refractivity contribution in [3.8, 4) is 5.75 Å². The van der Waals surface area contributed by atoms with Crippen molar-refractivity contribution < 1.29 is 19.4 Å². The van der Waals surface area contributed by atoms with Crippen molar-refractivity contribution in [3.63, 3.8) is 0 Å². The van der Waals surface area contributed by atoms with Crippen LogP contribution in [0, 0.1) is 12.8 Å². The summed E-state index contributed by atoms with van der Waals surface area (Å²) in [4.78, 5) is 24.5. The van der Waals surface area contributed by atoms with Crippen molar-refractivity contribution in [2.75, 3.05) is 26.7 Å². The van der Waals surface area contributed by atoms with Gasteiger partial charge >= 0.3 is 12.0 Å². The van der Waals surface area contributed by atoms with E-state index in [1.165, 1.54) is 0 Å². The minimum Gasteiger partial charge on any atom is -0.496 e. The van der Waals surface area contributed by atoms with Crippen molar-refractivity contribution in [2.45, 2.75) is 19.8 Å². The fourth-order valence-corrected chi connectivity index (χ4v) is 2.66. The largest absolute Gasteiger partial charge is 0.496 e. The molecule has 0 spiro atoms. The van der Waals surface area contributed by atoms with Gasteiger partial charge in [0.1, 0.15) is 5.75 Å². The second kappa shape index (κ2) is 7.15. The van der Waals surface area contributed by atoms with E-state index in [-0.39, 0.29) is 12.6 Å². The Balaban J connectivity index is 1.83. The molecule has 1 aliphatic heterocycles. The summed E-state index contributed by atoms with van der Waals surface area (Å²) in [6.45, 7) is 3.29. The molecule has 1 atom stereocenters. The predicted octanol–water partition coefficient (Wildman–Crippen LogP) is 1.66. The first kappa shape index (κ1) is 16.1. The highest BCUT2D eigenvalue weighted by atomic mass is 16.5. The molecule has 120 valence electrons. The topological polar surface area (TPSA) is 78.9 Å². The summed E-state index contributed by atoms with van der Waals surface area (Å²) < 4.78 is 5.31. The molecule has 1 saturated heterocycles. The van der Waals surface area contributed by atoms with Crippen LogP contribution in [0.25, 0.3) is 0 Å². The molecule has 1 aliphatic rings. The average Bonchev–Trinajstić information content (AvgIpc) is 2.97. The van der Waals surface area contributed by atoms with Gasteiger partial charge in [0.2, 0.25) is 0 Å². The summed E-state index contributed by atoms with van der Waals surface area (Å²) in [6.07, 6.45) is 1.20. The van der Waals surface area contributed by atoms with Crippen LogP contribution in [0.5, 0.6) is 5.75 Å². The Morgan fingerprint density at radius 3 is 2.86 bits per heavy atom. The van der Waals surface area contributed by atoms with Gasteiger partial charge in [-0.2, -0.15) is 0 Å². The number of hydrogen-bond donors (Lipinski definition) is 2. The van der Waals surface area contributed by atoms with Gasteiger partial charge in [-0.3, -0.25) is 4.79 Å². The number of rotatable bonds is 5. The number of aryl methyl sites for hydroxylation is 1. The molecule has 2 N–H and O–H groups in total. The summed E-state index contributed by atoms with van der Waals surface area (Å²) in [5.74, 6) is -0.464. The second-order valence-corrected chi connectivity index (χ2v) is 5.57. The number of ether oxygens (including phenoxy) is 1. The maximum atomic E-state index is 12.0. The predicted molar refractivity (Wildman–Crippen MR) is 82.1 cm³/mol. The summed E-state index contributed by atoms with van der Waals surface area (Å²) in [7, 11) is 1.63. The fraction of sp³-hybridized carbons (Fsp3) is 0.500. The number of aliphatic carboxylic acids is 1. The second-order valence-electron chi connectivity index (χ2n) is 5.57. The van der Waals surface area contributed by atoms with Gasteiger partial charge in [0, 0.05) is 19.6 Å². The number of nitrogens with one attached hydrogen (secondary N) is 1. The fourth-order valence-electron chi connectivity index (χ4n) is 2.66. The zero-order chi connectivity index (χ0) is 16.1. The van der Waals surface area contributed by atoms with Crippen LogP contribution in [0.1, 0.15) is 17.5 Å². The molecular formula is C16H22N2O4. The zero-order valence-electron chi connectivity index (χ0n) is 13.0. The van der Waals surface area contributed by atoms with Crippen LogP contribution >= 0.6 is 0 Å². The molecular weight excluding hydrogens is 284 g/mol. The lowest BCUT2D eigenvalue weighted by molar-refractivity contribution is -0.141. The van der Waals surface area contributed by atoms with Crippen LogP contribution in [0.4, 0.5) is 4.79 Å². The summed E-state index contributed by atoms with van der Waals surface area (Å²) >= 11 is 0. The van der Waals surface area contributed by atoms with Crippen molar-refractivity contribution in [2.24, 2.45) is 5.92 Å². The molecule has 1 fully saturated rings. The highest BCUT2D eigenvalue weighted by Gasteiger charge is 2.30. The number of carbonyl (C=O) groups excluding carboxylic acids is 1. The van der Waals surface area contributed by atoms with E-state index >= 15 is 0 Å². The third-order valence-corrected chi connectivity index (χ3v) is 3.93. The van der Waals surface area contributed by atoms with E-state index in [2.05, 4.69) is 5.32 Å². The van der Waals surface area contributed by atoms with E-state index < -0.39 is 11.9 Å². The average molecular weight is 306 g/mol. The Hall–Kier alpha value is -2.24. The number of methoxy groups -OCH3 is 1. The molecule has 1 heterocycles. The van der Waals surface area contributed by atoms with Crippen LogP contribution in [-0.2, 0) is 11.2 Å². The number of benzene rings is 1. The molecule has 0 radical (unpaired) electrons. The van der Waals surface area contributed by atoms with Crippen molar-refractivity contribution >= 4 is 12.0 Å². The smallest absolute Gasteiger partial charge is 0.317 e. The number of amides is 2. The van der Waals surface area contributed by atoms with Crippen molar-refractivity contribution in [3.05, 3.63) is 29.3 Å². The molecule has 0 saturated carbocycles. The normalized spacial score (nSPS) is 17.4. The first-order chi connectivity index (χ1) is 10.5. The summed E-state index contributed by atoms with van der Waals surface area (Å²) in [6, 6.07) is 5.75. The maximum Gasteiger partial charge on any atom is 0.317 e. The van der Waals surface area contributed by atoms with Crippen LogP contribution in [-0.4, -0.2) is 48.8 Å². The lowest BCUT2D eigenvalue weighted by atomic mass is 10.1. The van der Waals surface area contributed by atoms with Gasteiger partial charge < -0.3 is 20.1 Å². The number of likely N-dealkylation sites (tertiary alicyclic amines) is 1. The van der Waals surface area contributed by atoms with Crippen LogP contribution in [0.2, 0.25) is 0 Å². The Labute approximate surface area is 130 Å². The standard InChI is InChI=1S/C16H22N2O4/c1-11-3-4-14(22-2)12(9-11)5-7-17-16(21)18-8-6-13(10-18)15(19)20/h3-4,9,13H,5-8,10H2,1-2H3,(H,17,21)(H,19,20). The Bertz CT molecular complexity index is 559. The number of carboxylic acids is 1. The SMILES string of the molecule is COc1ccc(C)cc1CCNC(=O)N1CCC(C(=O)O)C1. The van der Waals surface area contributed by atoms with E-state index in [0.717, 1.165) is 16.9 Å². The molecule has 1 aromatic rings. The first-order valence-corrected chi connectivity index (χ1v) is 7.40. The minimum atomic E-state index is -0.834. The Morgan fingerprint density at radius 2 is 2.23 bits per heavy atom. The molecule has 1 aromatic carbocycles. The van der Waals surface area contributed by atoms with Crippen LogP contribution in [0.3, 0.4) is 0 Å². The number of carboxylic acid groups (broad SMARTS) is 1. The highest BCUT2D eigenvalue weighted by molar-refractivity contribution is 5.77. The van der Waals surface area contributed by atoms with Crippen LogP contribution in [0.15, 0.2) is 18.2 Å². The molecule has 0 aromatic heterocycles. The lowest BCUT2D eigenvalue weighted by Gasteiger charge is -2.17. The van der Waals surface area contributed by atoms with E-state index in [1.807, 2.05) is 25.1 Å². The number of nitrogens with zero attached hydrogens (tertiary/aromatic N) is 1. The van der Waals surface area contributed by atoms with Crippen molar-refractivity contribution in [1.82, 2.24) is 10.2 Å². The first-order valence-electron chi connectivity index (χ1n) is 7.40. The monoisotopic (exact) mass is 306 g/mol. The number of hydrogen-bond acceptors (Lipinski definition) is 3. The summed E-state index contributed by atoms with van der Waals surface area (Å²) in [5, 5.41) is 11.8. The zero-order valence-corrected chi connectivity index (χ0v) is 13.0. The number of urea groups is 1. The van der Waals surface area contributed by atoms with Gasteiger partial charge in [0.15, 0.2) is 0 Å². The van der Waals surface area contributed by atoms with Gasteiger partial charge in [0.25, 0.3) is 0 Å². The molecule has 1 unspecified atom stereocenters. The third-order valence-electron chi connectivity index (χ3n) is 3.93. The molecule has 0 aliphatic carbocycles. The van der Waals surface area contributed by atoms with E-state index in [4.69, 9.17) is 9.84 Å². The quantitative estimate of drug-likeness (QED) is 0.867. The van der Waals surface area contributed by atoms with Gasteiger partial charge in [-0.1, -0.05) is 17.7 Å². The van der Waals surface area contributed by atoms with Gasteiger partial charge in [-0.05, 0) is 31.4 Å². The molecule has 6 heteroatoms. The van der Waals surface area contributed by atoms with Gasteiger partial charge in [-0.25, -0.2) is 4.79 Å². The maximum absolute atomic E-state index is 12.0. The Kier molecular flexibility index (Phi) is 5.25. The van der Waals surface area contributed by atoms with E-state index in [9.17, 15) is 9.59 Å². The highest BCUT2D eigenvalue weighted by Crippen LogP contribution is 2.20. The third kappa shape index (κ3) is 3.90. The van der Waals surface area contributed by atoms with Gasteiger partial charge in [-0.15, -0.1) is 0 Å². The Morgan fingerprint density at radius 1 is 1.45 bits per heavy atom. The molecule has 2 rings (SSSR count). The molecule has 6 nitrogen and oxygen atoms in total. The van der Waals surface area contributed by atoms with E-state index in [0.29, 0.717) is 25.9 Å².